The average molecular weight is 121 g/mol. The fourth-order valence-corrected chi connectivity index (χ4v) is 0.722. The van der Waals surface area contributed by atoms with Gasteiger partial charge in [-0.2, -0.15) is 0 Å². The minimum atomic E-state index is 0.764. The summed E-state index contributed by atoms with van der Waals surface area (Å²) < 4.78 is 7.36. The van der Waals surface area contributed by atoms with Crippen LogP contribution in [0.25, 0.3) is 0 Å². The van der Waals surface area contributed by atoms with Crippen LogP contribution in [0, 0.1) is 0 Å². The van der Waals surface area contributed by atoms with Gasteiger partial charge in [0.2, 0.25) is 0 Å². The number of thiol groups is 1. The third-order valence-electron chi connectivity index (χ3n) is 0.354. The summed E-state index contributed by atoms with van der Waals surface area (Å²) in [4.78, 5) is 0. The molecule has 0 saturated heterocycles. The Hall–Kier alpha value is 0.0400. The second kappa shape index (κ2) is 1.66. The van der Waals surface area contributed by atoms with Gasteiger partial charge in [-0.1, -0.05) is 0 Å². The van der Waals surface area contributed by atoms with E-state index < -0.39 is 0 Å². The van der Waals surface area contributed by atoms with Gasteiger partial charge < -0.3 is 4.18 Å². The lowest BCUT2D eigenvalue weighted by Crippen LogP contribution is -1.86. The van der Waals surface area contributed by atoms with E-state index in [0.29, 0.717) is 0 Å². The molecule has 0 atom stereocenters. The smallest absolute Gasteiger partial charge is 0.176 e. The van der Waals surface area contributed by atoms with Crippen molar-refractivity contribution in [3.8, 4) is 0 Å². The molecule has 2 nitrogen and oxygen atoms in total. The van der Waals surface area contributed by atoms with Crippen molar-refractivity contribution in [3.63, 3.8) is 0 Å². The molecule has 0 aliphatic carbocycles. The van der Waals surface area contributed by atoms with Crippen LogP contribution in [0.4, 0.5) is 0 Å². The number of rotatable bonds is 0. The van der Waals surface area contributed by atoms with Crippen molar-refractivity contribution in [1.29, 1.82) is 0 Å². The second-order valence-corrected chi connectivity index (χ2v) is 1.83. The molecule has 6 heavy (non-hydrogen) atoms. The van der Waals surface area contributed by atoms with Crippen molar-refractivity contribution in [1.82, 2.24) is 4.72 Å². The van der Waals surface area contributed by atoms with Crippen molar-refractivity contribution < 1.29 is 4.18 Å². The fraction of sp³-hybridized carbons (Fsp3) is 0. The van der Waals surface area contributed by atoms with Gasteiger partial charge in [-0.05, 0) is 0 Å². The minimum absolute atomic E-state index is 0.764. The molecule has 1 aliphatic heterocycles. The third-order valence-corrected chi connectivity index (χ3v) is 1.22. The van der Waals surface area contributed by atoms with Gasteiger partial charge in [-0.3, -0.25) is 4.72 Å². The van der Waals surface area contributed by atoms with Crippen LogP contribution in [-0.2, 0) is 4.18 Å². The first kappa shape index (κ1) is 4.21. The molecule has 4 heteroatoms. The van der Waals surface area contributed by atoms with Crippen LogP contribution in [0.2, 0.25) is 0 Å². The van der Waals surface area contributed by atoms with Crippen LogP contribution in [0.3, 0.4) is 0 Å². The van der Waals surface area contributed by atoms with E-state index in [4.69, 9.17) is 0 Å². The van der Waals surface area contributed by atoms with Crippen LogP contribution in [0.15, 0.2) is 11.3 Å². The highest BCUT2D eigenvalue weighted by Crippen LogP contribution is 2.13. The second-order valence-electron chi connectivity index (χ2n) is 0.785. The zero-order chi connectivity index (χ0) is 4.41. The van der Waals surface area contributed by atoms with E-state index in [9.17, 15) is 0 Å². The van der Waals surface area contributed by atoms with Crippen molar-refractivity contribution in [2.24, 2.45) is 0 Å². The Morgan fingerprint density at radius 1 is 2.00 bits per heavy atom. The molecular weight excluding hydrogens is 118 g/mol. The first-order chi connectivity index (χ1) is 2.89. The van der Waals surface area contributed by atoms with Crippen LogP contribution in [0.1, 0.15) is 0 Å². The standard InChI is InChI=1S/C2H3NOS2/c5-2-1-4-6-3-2/h1,3,5H. The summed E-state index contributed by atoms with van der Waals surface area (Å²) in [6, 6.07) is 0. The van der Waals surface area contributed by atoms with E-state index in [1.807, 2.05) is 0 Å². The third kappa shape index (κ3) is 0.753. The van der Waals surface area contributed by atoms with E-state index >= 15 is 0 Å². The molecule has 0 fully saturated rings. The maximum absolute atomic E-state index is 4.62. The number of hydrogen-bond acceptors (Lipinski definition) is 4. The maximum atomic E-state index is 4.62. The molecule has 1 aliphatic rings. The van der Waals surface area contributed by atoms with Gasteiger partial charge in [0.05, 0.1) is 0 Å². The fourth-order valence-electron chi connectivity index (χ4n) is 0.160. The summed E-state index contributed by atoms with van der Waals surface area (Å²) in [5.74, 6) is 0. The minimum Gasteiger partial charge on any atom is -0.411 e. The SMILES string of the molecule is SC1=COSN1. The molecule has 0 radical (unpaired) electrons. The molecule has 34 valence electrons. The number of hydrogen-bond donors (Lipinski definition) is 2. The van der Waals surface area contributed by atoms with Crippen LogP contribution in [-0.4, -0.2) is 0 Å². The summed E-state index contributed by atoms with van der Waals surface area (Å²) in [6.45, 7) is 0. The van der Waals surface area contributed by atoms with Crippen molar-refractivity contribution in [2.75, 3.05) is 0 Å². The topological polar surface area (TPSA) is 21.3 Å². The lowest BCUT2D eigenvalue weighted by atomic mass is 11.0. The molecule has 1 rings (SSSR count). The van der Waals surface area contributed by atoms with Gasteiger partial charge >= 0.3 is 0 Å². The van der Waals surface area contributed by atoms with E-state index in [2.05, 4.69) is 21.5 Å². The molecule has 1 N–H and O–H groups in total. The lowest BCUT2D eigenvalue weighted by molar-refractivity contribution is 0.578. The highest BCUT2D eigenvalue weighted by atomic mass is 32.2. The predicted molar refractivity (Wildman–Crippen MR) is 28.9 cm³/mol. The van der Waals surface area contributed by atoms with Crippen LogP contribution in [0.5, 0.6) is 0 Å². The Kier molecular flexibility index (Phi) is 1.16. The summed E-state index contributed by atoms with van der Waals surface area (Å²) in [5.41, 5.74) is 0. The van der Waals surface area contributed by atoms with Gasteiger partial charge in [-0.25, -0.2) is 0 Å². The first-order valence-electron chi connectivity index (χ1n) is 1.37. The highest BCUT2D eigenvalue weighted by molar-refractivity contribution is 7.95. The molecular formula is C2H3NOS2. The van der Waals surface area contributed by atoms with Crippen LogP contribution >= 0.6 is 24.9 Å². The van der Waals surface area contributed by atoms with Gasteiger partial charge in [0.1, 0.15) is 11.3 Å². The Balaban J connectivity index is 2.45. The molecule has 0 bridgehead atoms. The quantitative estimate of drug-likeness (QED) is 0.282. The lowest BCUT2D eigenvalue weighted by Gasteiger charge is -1.82. The summed E-state index contributed by atoms with van der Waals surface area (Å²) >= 11 is 5.06. The predicted octanol–water partition coefficient (Wildman–Crippen LogP) is 0.898. The van der Waals surface area contributed by atoms with E-state index in [1.54, 1.807) is 0 Å². The summed E-state index contributed by atoms with van der Waals surface area (Å²) in [5, 5.41) is 0.764. The molecule has 0 spiro atoms. The molecule has 1 heterocycles. The van der Waals surface area contributed by atoms with Gasteiger partial charge in [0, 0.05) is 0 Å². The largest absolute Gasteiger partial charge is 0.411 e. The molecule has 0 unspecified atom stereocenters. The number of nitrogens with one attached hydrogen (secondary N) is 1. The van der Waals surface area contributed by atoms with Crippen molar-refractivity contribution in [3.05, 3.63) is 11.3 Å². The Bertz CT molecular complexity index is 81.6. The molecule has 0 aromatic heterocycles. The molecule has 0 aromatic carbocycles. The van der Waals surface area contributed by atoms with E-state index in [0.717, 1.165) is 17.3 Å². The monoisotopic (exact) mass is 121 g/mol. The Labute approximate surface area is 45.7 Å². The molecule has 0 amide bonds. The normalized spacial score (nSPS) is 18.5. The zero-order valence-corrected chi connectivity index (χ0v) is 4.55. The Morgan fingerprint density at radius 2 is 2.83 bits per heavy atom. The average Bonchev–Trinajstić information content (AvgIpc) is 1.86. The van der Waals surface area contributed by atoms with Gasteiger partial charge in [0.15, 0.2) is 12.2 Å². The summed E-state index contributed by atoms with van der Waals surface area (Å²) in [7, 11) is 0. The molecule has 0 saturated carbocycles. The van der Waals surface area contributed by atoms with Gasteiger partial charge in [0.25, 0.3) is 0 Å². The highest BCUT2D eigenvalue weighted by Gasteiger charge is 1.96. The summed E-state index contributed by atoms with van der Waals surface area (Å²) in [6.07, 6.45) is 1.54. The van der Waals surface area contributed by atoms with Crippen LogP contribution < -0.4 is 4.72 Å². The van der Waals surface area contributed by atoms with Crippen molar-refractivity contribution in [2.45, 2.75) is 0 Å². The zero-order valence-electron chi connectivity index (χ0n) is 2.84. The van der Waals surface area contributed by atoms with E-state index in [-0.39, 0.29) is 0 Å². The molecule has 0 aromatic rings. The van der Waals surface area contributed by atoms with E-state index in [1.165, 1.54) is 6.26 Å². The first-order valence-corrected chi connectivity index (χ1v) is 2.56. The van der Waals surface area contributed by atoms with Crippen molar-refractivity contribution >= 4 is 24.9 Å². The maximum Gasteiger partial charge on any atom is 0.176 e. The van der Waals surface area contributed by atoms with Gasteiger partial charge in [-0.15, -0.1) is 12.6 Å². The Morgan fingerprint density at radius 3 is 3.00 bits per heavy atom.